The Balaban J connectivity index is 0.000000241. The summed E-state index contributed by atoms with van der Waals surface area (Å²) >= 11 is 2.97. The van der Waals surface area contributed by atoms with Crippen LogP contribution in [0.1, 0.15) is 23.3 Å². The Kier molecular flexibility index (Phi) is 12.8. The molecular formula is C29H27Br2NO12. The molecular weight excluding hydrogens is 714 g/mol. The van der Waals surface area contributed by atoms with Crippen molar-refractivity contribution in [1.29, 1.82) is 0 Å². The quantitative estimate of drug-likeness (QED) is 0.123. The third-order valence-corrected chi connectivity index (χ3v) is 6.38. The summed E-state index contributed by atoms with van der Waals surface area (Å²) in [7, 11) is 2.46. The average molecular weight is 741 g/mol. The van der Waals surface area contributed by atoms with Crippen LogP contribution in [0.2, 0.25) is 0 Å². The Labute approximate surface area is 270 Å². The molecule has 0 bridgehead atoms. The zero-order valence-electron chi connectivity index (χ0n) is 23.4. The second-order valence-electron chi connectivity index (χ2n) is 8.69. The third kappa shape index (κ3) is 8.83. The van der Waals surface area contributed by atoms with Crippen LogP contribution < -0.4 is 40.5 Å². The van der Waals surface area contributed by atoms with E-state index in [2.05, 4.69) is 20.7 Å². The molecule has 2 aliphatic heterocycles. The highest BCUT2D eigenvalue weighted by Crippen LogP contribution is 2.36. The largest absolute Gasteiger partial charge is 1.00 e. The summed E-state index contributed by atoms with van der Waals surface area (Å²) in [5.41, 5.74) is 0.919. The predicted octanol–water partition coefficient (Wildman–Crippen LogP) is -0.268. The maximum absolute atomic E-state index is 12.1. The van der Waals surface area contributed by atoms with Gasteiger partial charge in [0.25, 0.3) is 0 Å². The summed E-state index contributed by atoms with van der Waals surface area (Å²) in [6, 6.07) is 15.2. The molecule has 15 heteroatoms. The predicted molar refractivity (Wildman–Crippen MR) is 147 cm³/mol. The van der Waals surface area contributed by atoms with Crippen LogP contribution in [0, 0.1) is 0 Å². The van der Waals surface area contributed by atoms with Crippen LogP contribution in [0.4, 0.5) is 0 Å². The van der Waals surface area contributed by atoms with E-state index in [0.717, 1.165) is 0 Å². The van der Waals surface area contributed by atoms with Crippen LogP contribution in [0.3, 0.4) is 0 Å². The van der Waals surface area contributed by atoms with Gasteiger partial charge in [-0.15, -0.1) is 0 Å². The third-order valence-electron chi connectivity index (χ3n) is 5.93. The molecule has 3 heterocycles. The van der Waals surface area contributed by atoms with E-state index in [1.165, 1.54) is 14.2 Å². The number of aromatic nitrogens is 1. The maximum atomic E-state index is 12.1. The first-order valence-electron chi connectivity index (χ1n) is 12.7. The summed E-state index contributed by atoms with van der Waals surface area (Å²) in [5, 5.41) is -0.00888. The number of fused-ring (bicyclic) bond motifs is 2. The first-order valence-corrected chi connectivity index (χ1v) is 13.8. The minimum absolute atomic E-state index is 0. The average Bonchev–Trinajstić information content (AvgIpc) is 3.71. The Bertz CT molecular complexity index is 1470. The number of rotatable bonds is 9. The summed E-state index contributed by atoms with van der Waals surface area (Å²) in [4.78, 5) is 47.2. The molecule has 0 radical (unpaired) electrons. The standard InChI is InChI=1S/C17H16NO6.C12H11BrO6.BrH/c1-21-17(20)16(12-5-6-13-14(9-12)23-11-22-13)24-15(19)10-18-7-3-2-4-8-18;1-16-12(15)11(19-10(14)5-13)7-2-3-8-9(4-7)18-6-17-8;/h2-9,16H,10-11H2,1H3;2-4,11H,5-6H2,1H3;1H/q+1;;/p-1. The smallest absolute Gasteiger partial charge is 0.373 e. The molecule has 0 spiro atoms. The number of nitrogens with zero attached hydrogens (tertiary/aromatic N) is 1. The van der Waals surface area contributed by atoms with Crippen LogP contribution in [0.25, 0.3) is 0 Å². The van der Waals surface area contributed by atoms with Crippen molar-refractivity contribution in [2.45, 2.75) is 18.8 Å². The molecule has 0 amide bonds. The molecule has 2 atom stereocenters. The molecule has 0 N–H and O–H groups in total. The monoisotopic (exact) mass is 739 g/mol. The Morgan fingerprint density at radius 1 is 0.727 bits per heavy atom. The number of carbonyl (C=O) groups excluding carboxylic acids is 4. The summed E-state index contributed by atoms with van der Waals surface area (Å²) in [5.74, 6) is -0.287. The number of methoxy groups -OCH3 is 2. The number of hydrogen-bond donors (Lipinski definition) is 0. The lowest BCUT2D eigenvalue weighted by Gasteiger charge is -2.15. The van der Waals surface area contributed by atoms with Gasteiger partial charge in [0.2, 0.25) is 32.3 Å². The van der Waals surface area contributed by atoms with Gasteiger partial charge in [-0.05, 0) is 24.3 Å². The molecule has 44 heavy (non-hydrogen) atoms. The minimum Gasteiger partial charge on any atom is -1.00 e. The van der Waals surface area contributed by atoms with Crippen molar-refractivity contribution in [2.24, 2.45) is 0 Å². The Morgan fingerprint density at radius 2 is 1.18 bits per heavy atom. The second-order valence-corrected chi connectivity index (χ2v) is 9.25. The van der Waals surface area contributed by atoms with Crippen LogP contribution in [0.15, 0.2) is 67.0 Å². The highest BCUT2D eigenvalue weighted by Gasteiger charge is 2.30. The minimum atomic E-state index is -1.17. The van der Waals surface area contributed by atoms with Gasteiger partial charge >= 0.3 is 23.9 Å². The lowest BCUT2D eigenvalue weighted by atomic mass is 10.1. The van der Waals surface area contributed by atoms with Gasteiger partial charge in [0.05, 0.1) is 14.2 Å². The zero-order chi connectivity index (χ0) is 30.8. The normalized spacial score (nSPS) is 13.2. The van der Waals surface area contributed by atoms with Crippen LogP contribution >= 0.6 is 15.9 Å². The van der Waals surface area contributed by atoms with E-state index in [4.69, 9.17) is 33.2 Å². The van der Waals surface area contributed by atoms with E-state index >= 15 is 0 Å². The van der Waals surface area contributed by atoms with E-state index in [9.17, 15) is 19.2 Å². The molecule has 234 valence electrons. The van der Waals surface area contributed by atoms with Crippen LogP contribution in [-0.4, -0.2) is 57.0 Å². The van der Waals surface area contributed by atoms with Crippen molar-refractivity contribution in [1.82, 2.24) is 0 Å². The lowest BCUT2D eigenvalue weighted by molar-refractivity contribution is -0.686. The lowest BCUT2D eigenvalue weighted by Crippen LogP contribution is -3.00. The summed E-state index contributed by atoms with van der Waals surface area (Å²) in [6.45, 7) is 0.230. The number of carbonyl (C=O) groups is 4. The van der Waals surface area contributed by atoms with Gasteiger partial charge in [-0.25, -0.2) is 14.4 Å². The van der Waals surface area contributed by atoms with Gasteiger partial charge in [0, 0.05) is 23.3 Å². The van der Waals surface area contributed by atoms with Gasteiger partial charge in [0.15, 0.2) is 35.4 Å². The van der Waals surface area contributed by atoms with Crippen molar-refractivity contribution in [2.75, 3.05) is 33.1 Å². The fourth-order valence-electron chi connectivity index (χ4n) is 3.89. The fraction of sp³-hybridized carbons (Fsp3) is 0.276. The number of halogens is 2. The Morgan fingerprint density at radius 3 is 1.64 bits per heavy atom. The molecule has 0 saturated carbocycles. The van der Waals surface area contributed by atoms with Crippen molar-refractivity contribution in [3.05, 3.63) is 78.1 Å². The molecule has 0 aliphatic carbocycles. The number of benzene rings is 2. The molecule has 13 nitrogen and oxygen atoms in total. The topological polar surface area (TPSA) is 146 Å². The van der Waals surface area contributed by atoms with Gasteiger partial charge in [0.1, 0.15) is 5.33 Å². The maximum Gasteiger partial charge on any atom is 0.373 e. The van der Waals surface area contributed by atoms with Crippen LogP contribution in [-0.2, 0) is 44.7 Å². The zero-order valence-corrected chi connectivity index (χ0v) is 26.6. The number of esters is 4. The molecule has 5 rings (SSSR count). The van der Waals surface area contributed by atoms with E-state index in [1.807, 2.05) is 6.07 Å². The molecule has 0 fully saturated rings. The Hall–Kier alpha value is -4.37. The van der Waals surface area contributed by atoms with Crippen molar-refractivity contribution < 1.29 is 78.6 Å². The highest BCUT2D eigenvalue weighted by atomic mass is 79.9. The molecule has 2 aliphatic rings. The summed E-state index contributed by atoms with van der Waals surface area (Å²) < 4.78 is 42.3. The molecule has 0 saturated heterocycles. The van der Waals surface area contributed by atoms with Gasteiger partial charge in [-0.2, -0.15) is 4.57 Å². The fourth-order valence-corrected chi connectivity index (χ4v) is 4.02. The van der Waals surface area contributed by atoms with Gasteiger partial charge in [-0.1, -0.05) is 34.1 Å². The number of ether oxygens (including phenoxy) is 8. The second kappa shape index (κ2) is 16.5. The molecule has 2 unspecified atom stereocenters. The van der Waals surface area contributed by atoms with Crippen molar-refractivity contribution in [3.8, 4) is 23.0 Å². The van der Waals surface area contributed by atoms with E-state index in [-0.39, 0.29) is 42.4 Å². The SMILES string of the molecule is COC(=O)C(OC(=O)CBr)c1ccc2c(c1)OCO2.COC(=O)C(OC(=O)C[n+]1ccccc1)c1ccc2c(c1)OCO2.[Br-]. The summed E-state index contributed by atoms with van der Waals surface area (Å²) in [6.07, 6.45) is 1.18. The molecule has 2 aromatic carbocycles. The highest BCUT2D eigenvalue weighted by molar-refractivity contribution is 9.09. The first-order chi connectivity index (χ1) is 20.8. The van der Waals surface area contributed by atoms with Crippen molar-refractivity contribution >= 4 is 39.8 Å². The molecule has 1 aromatic heterocycles. The van der Waals surface area contributed by atoms with Gasteiger partial charge < -0.3 is 54.9 Å². The van der Waals surface area contributed by atoms with E-state index in [0.29, 0.717) is 34.1 Å². The van der Waals surface area contributed by atoms with Crippen molar-refractivity contribution in [3.63, 3.8) is 0 Å². The van der Waals surface area contributed by atoms with E-state index in [1.54, 1.807) is 65.5 Å². The number of alkyl halides is 1. The van der Waals surface area contributed by atoms with E-state index < -0.39 is 36.1 Å². The number of pyridine rings is 1. The number of hydrogen-bond acceptors (Lipinski definition) is 12. The first kappa shape index (κ1) is 34.1. The van der Waals surface area contributed by atoms with Gasteiger partial charge in [-0.3, -0.25) is 4.79 Å². The molecule has 3 aromatic rings. The van der Waals surface area contributed by atoms with Crippen LogP contribution in [0.5, 0.6) is 23.0 Å².